The highest BCUT2D eigenvalue weighted by Crippen LogP contribution is 2.30. The van der Waals surface area contributed by atoms with Crippen molar-refractivity contribution in [3.63, 3.8) is 0 Å². The summed E-state index contributed by atoms with van der Waals surface area (Å²) in [5.41, 5.74) is 2.97. The van der Waals surface area contributed by atoms with Gasteiger partial charge in [0.25, 0.3) is 0 Å². The van der Waals surface area contributed by atoms with Gasteiger partial charge < -0.3 is 10.6 Å². The number of aromatic nitrogens is 3. The zero-order valence-electron chi connectivity index (χ0n) is 15.8. The van der Waals surface area contributed by atoms with Crippen LogP contribution in [0.2, 0.25) is 5.02 Å². The van der Waals surface area contributed by atoms with E-state index in [4.69, 9.17) is 11.6 Å². The molecule has 0 aliphatic heterocycles. The second-order valence-corrected chi connectivity index (χ2v) is 7.93. The lowest BCUT2D eigenvalue weighted by Gasteiger charge is -2.07. The molecule has 0 aliphatic carbocycles. The maximum Gasteiger partial charge on any atom is 0.230 e. The van der Waals surface area contributed by atoms with E-state index < -0.39 is 0 Å². The molecule has 2 aromatic carbocycles. The Kier molecular flexibility index (Phi) is 5.69. The van der Waals surface area contributed by atoms with Crippen molar-refractivity contribution in [3.05, 3.63) is 65.4 Å². The van der Waals surface area contributed by atoms with Crippen LogP contribution in [0, 0.1) is 0 Å². The van der Waals surface area contributed by atoms with Crippen LogP contribution in [0.25, 0.3) is 21.5 Å². The number of hydrogen-bond acceptors (Lipinski definition) is 6. The predicted molar refractivity (Wildman–Crippen MR) is 119 cm³/mol. The van der Waals surface area contributed by atoms with Crippen LogP contribution in [-0.2, 0) is 16.0 Å². The minimum atomic E-state index is -0.229. The van der Waals surface area contributed by atoms with Crippen LogP contribution < -0.4 is 10.6 Å². The van der Waals surface area contributed by atoms with E-state index in [0.717, 1.165) is 21.3 Å². The summed E-state index contributed by atoms with van der Waals surface area (Å²) in [6.07, 6.45) is 3.26. The number of rotatable bonds is 5. The highest BCUT2D eigenvalue weighted by atomic mass is 35.5. The van der Waals surface area contributed by atoms with Gasteiger partial charge in [-0.15, -0.1) is 0 Å². The van der Waals surface area contributed by atoms with Gasteiger partial charge in [-0.1, -0.05) is 47.2 Å². The van der Waals surface area contributed by atoms with Crippen molar-refractivity contribution >= 4 is 55.9 Å². The van der Waals surface area contributed by atoms with E-state index in [1.807, 2.05) is 36.4 Å². The number of fused-ring (bicyclic) bond motifs is 1. The molecule has 2 aromatic heterocycles. The van der Waals surface area contributed by atoms with Gasteiger partial charge in [-0.2, -0.15) is 0 Å². The minimum absolute atomic E-state index is 0.143. The molecule has 2 heterocycles. The summed E-state index contributed by atoms with van der Waals surface area (Å²) in [5.74, 6) is -0.0410. The average Bonchev–Trinajstić information content (AvgIpc) is 3.10. The molecule has 0 aliphatic rings. The van der Waals surface area contributed by atoms with Crippen LogP contribution in [0.1, 0.15) is 12.5 Å². The van der Waals surface area contributed by atoms with Crippen LogP contribution in [0.4, 0.5) is 10.9 Å². The lowest BCUT2D eigenvalue weighted by molar-refractivity contribution is -0.116. The van der Waals surface area contributed by atoms with Crippen LogP contribution in [0.15, 0.2) is 54.9 Å². The molecular formula is C21H16ClN5O2S. The Hall–Kier alpha value is -3.36. The molecule has 0 saturated carbocycles. The molecule has 30 heavy (non-hydrogen) atoms. The first-order valence-electron chi connectivity index (χ1n) is 9.02. The molecule has 2 N–H and O–H groups in total. The topological polar surface area (TPSA) is 96.9 Å². The lowest BCUT2D eigenvalue weighted by Crippen LogP contribution is -2.15. The van der Waals surface area contributed by atoms with Gasteiger partial charge in [0.2, 0.25) is 11.8 Å². The Morgan fingerprint density at radius 3 is 2.70 bits per heavy atom. The fraction of sp³-hybridized carbons (Fsp3) is 0.0952. The number of benzene rings is 2. The standard InChI is InChI=1S/C21H16ClN5O2S/c1-12(28)24-21-26-16-7-6-14(8-18(16)30-21)17-10-23-11-19(25-17)27-20(29)9-13-4-2-3-5-15(13)22/h2-8,10-11H,9H2,1H3,(H,24,26,28)(H,25,27,29). The molecule has 150 valence electrons. The number of carbonyl (C=O) groups excluding carboxylic acids is 2. The number of nitrogens with zero attached hydrogens (tertiary/aromatic N) is 3. The molecule has 0 saturated heterocycles. The number of thiazole rings is 1. The van der Waals surface area contributed by atoms with Crippen molar-refractivity contribution < 1.29 is 9.59 Å². The van der Waals surface area contributed by atoms with E-state index in [1.165, 1.54) is 24.5 Å². The van der Waals surface area contributed by atoms with Crippen LogP contribution in [0.5, 0.6) is 0 Å². The van der Waals surface area contributed by atoms with Crippen molar-refractivity contribution in [1.82, 2.24) is 15.0 Å². The fourth-order valence-electron chi connectivity index (χ4n) is 2.86. The molecule has 4 rings (SSSR count). The first-order valence-corrected chi connectivity index (χ1v) is 10.2. The fourth-order valence-corrected chi connectivity index (χ4v) is 4.01. The Bertz CT molecular complexity index is 1260. The molecule has 2 amide bonds. The largest absolute Gasteiger partial charge is 0.309 e. The van der Waals surface area contributed by atoms with E-state index in [-0.39, 0.29) is 18.2 Å². The monoisotopic (exact) mass is 437 g/mol. The molecule has 0 spiro atoms. The molecular weight excluding hydrogens is 422 g/mol. The van der Waals surface area contributed by atoms with Gasteiger partial charge in [0.15, 0.2) is 10.9 Å². The second-order valence-electron chi connectivity index (χ2n) is 6.49. The number of halogens is 1. The maximum absolute atomic E-state index is 12.4. The number of carbonyl (C=O) groups is 2. The third kappa shape index (κ3) is 4.61. The SMILES string of the molecule is CC(=O)Nc1nc2ccc(-c3cncc(NC(=O)Cc4ccccc4Cl)n3)cc2s1. The molecule has 4 aromatic rings. The zero-order valence-corrected chi connectivity index (χ0v) is 17.4. The van der Waals surface area contributed by atoms with Crippen molar-refractivity contribution in [2.75, 3.05) is 10.6 Å². The summed E-state index contributed by atoms with van der Waals surface area (Å²) < 4.78 is 0.909. The Morgan fingerprint density at radius 2 is 1.90 bits per heavy atom. The molecule has 0 fully saturated rings. The first-order chi connectivity index (χ1) is 14.5. The molecule has 0 bridgehead atoms. The van der Waals surface area contributed by atoms with E-state index in [0.29, 0.717) is 21.7 Å². The summed E-state index contributed by atoms with van der Waals surface area (Å²) in [4.78, 5) is 36.7. The molecule has 0 unspecified atom stereocenters. The number of amides is 2. The summed E-state index contributed by atoms with van der Waals surface area (Å²) >= 11 is 7.50. The van der Waals surface area contributed by atoms with Crippen molar-refractivity contribution in [2.24, 2.45) is 0 Å². The highest BCUT2D eigenvalue weighted by molar-refractivity contribution is 7.22. The summed E-state index contributed by atoms with van der Waals surface area (Å²) in [6, 6.07) is 12.9. The normalized spacial score (nSPS) is 10.7. The lowest BCUT2D eigenvalue weighted by atomic mass is 10.1. The van der Waals surface area contributed by atoms with Crippen molar-refractivity contribution in [2.45, 2.75) is 13.3 Å². The minimum Gasteiger partial charge on any atom is -0.309 e. The third-order valence-corrected chi connectivity index (χ3v) is 5.48. The van der Waals surface area contributed by atoms with Gasteiger partial charge >= 0.3 is 0 Å². The summed E-state index contributed by atoms with van der Waals surface area (Å²) in [6.45, 7) is 1.44. The van der Waals surface area contributed by atoms with Gasteiger partial charge in [-0.25, -0.2) is 9.97 Å². The second kappa shape index (κ2) is 8.56. The van der Waals surface area contributed by atoms with E-state index in [1.54, 1.807) is 12.3 Å². The Morgan fingerprint density at radius 1 is 1.07 bits per heavy atom. The number of nitrogens with one attached hydrogen (secondary N) is 2. The maximum atomic E-state index is 12.4. The van der Waals surface area contributed by atoms with Crippen molar-refractivity contribution in [1.29, 1.82) is 0 Å². The van der Waals surface area contributed by atoms with E-state index >= 15 is 0 Å². The molecule has 7 nitrogen and oxygen atoms in total. The summed E-state index contributed by atoms with van der Waals surface area (Å²) in [7, 11) is 0. The highest BCUT2D eigenvalue weighted by Gasteiger charge is 2.11. The number of hydrogen-bond donors (Lipinski definition) is 2. The van der Waals surface area contributed by atoms with Crippen LogP contribution in [0.3, 0.4) is 0 Å². The Balaban J connectivity index is 1.53. The van der Waals surface area contributed by atoms with Gasteiger partial charge in [0, 0.05) is 17.5 Å². The third-order valence-electron chi connectivity index (χ3n) is 4.18. The summed E-state index contributed by atoms with van der Waals surface area (Å²) in [5, 5.41) is 6.54. The zero-order chi connectivity index (χ0) is 21.1. The van der Waals surface area contributed by atoms with E-state index in [9.17, 15) is 9.59 Å². The van der Waals surface area contributed by atoms with Crippen LogP contribution >= 0.6 is 22.9 Å². The van der Waals surface area contributed by atoms with Gasteiger partial charge in [0.05, 0.1) is 34.7 Å². The van der Waals surface area contributed by atoms with Crippen molar-refractivity contribution in [3.8, 4) is 11.3 Å². The molecule has 9 heteroatoms. The average molecular weight is 438 g/mol. The molecule has 0 radical (unpaired) electrons. The number of anilines is 2. The van der Waals surface area contributed by atoms with Gasteiger partial charge in [-0.3, -0.25) is 14.6 Å². The molecule has 0 atom stereocenters. The van der Waals surface area contributed by atoms with Crippen LogP contribution in [-0.4, -0.2) is 26.8 Å². The van der Waals surface area contributed by atoms with Gasteiger partial charge in [-0.05, 0) is 23.8 Å². The van der Waals surface area contributed by atoms with Gasteiger partial charge in [0.1, 0.15) is 0 Å². The smallest absolute Gasteiger partial charge is 0.230 e. The predicted octanol–water partition coefficient (Wildman–Crippen LogP) is 4.55. The first kappa shape index (κ1) is 19.9. The van der Waals surface area contributed by atoms with E-state index in [2.05, 4.69) is 25.6 Å². The Labute approximate surface area is 181 Å². The quantitative estimate of drug-likeness (QED) is 0.477.